The second-order valence-corrected chi connectivity index (χ2v) is 8.66. The van der Waals surface area contributed by atoms with Crippen LogP contribution >= 0.6 is 0 Å². The Balaban J connectivity index is 2.09. The zero-order valence-electron chi connectivity index (χ0n) is 19.4. The van der Waals surface area contributed by atoms with Gasteiger partial charge in [-0.05, 0) is 48.9 Å². The number of hydrogen-bond donors (Lipinski definition) is 1. The van der Waals surface area contributed by atoms with E-state index in [-0.39, 0.29) is 12.0 Å². The van der Waals surface area contributed by atoms with Gasteiger partial charge < -0.3 is 15.0 Å². The van der Waals surface area contributed by atoms with Crippen molar-refractivity contribution in [2.75, 3.05) is 29.9 Å². The van der Waals surface area contributed by atoms with Crippen molar-refractivity contribution in [3.63, 3.8) is 0 Å². The first-order valence-corrected chi connectivity index (χ1v) is 11.1. The van der Waals surface area contributed by atoms with Gasteiger partial charge in [-0.2, -0.15) is 0 Å². The molecule has 30 heavy (non-hydrogen) atoms. The summed E-state index contributed by atoms with van der Waals surface area (Å²) in [5.41, 5.74) is 4.49. The molecule has 2 aromatic carbocycles. The molecule has 4 heteroatoms. The Morgan fingerprint density at radius 2 is 1.47 bits per heavy atom. The number of anilines is 2. The van der Waals surface area contributed by atoms with E-state index in [9.17, 15) is 4.79 Å². The van der Waals surface area contributed by atoms with Crippen LogP contribution in [0.25, 0.3) is 0 Å². The van der Waals surface area contributed by atoms with E-state index in [0.29, 0.717) is 31.4 Å². The Kier molecular flexibility index (Phi) is 9.38. The number of benzene rings is 2. The summed E-state index contributed by atoms with van der Waals surface area (Å²) >= 11 is 0. The molecule has 164 valence electrons. The minimum atomic E-state index is 0.0516. The van der Waals surface area contributed by atoms with Crippen molar-refractivity contribution >= 4 is 17.3 Å². The molecule has 0 aromatic heterocycles. The first-order valence-electron chi connectivity index (χ1n) is 11.1. The van der Waals surface area contributed by atoms with Gasteiger partial charge in [-0.3, -0.25) is 4.79 Å². The molecule has 0 aliphatic heterocycles. The van der Waals surface area contributed by atoms with Crippen LogP contribution in [0.1, 0.15) is 70.9 Å². The van der Waals surface area contributed by atoms with Crippen LogP contribution in [0.3, 0.4) is 0 Å². The summed E-state index contributed by atoms with van der Waals surface area (Å²) in [6.07, 6.45) is 0.633. The lowest BCUT2D eigenvalue weighted by Crippen LogP contribution is -2.31. The van der Waals surface area contributed by atoms with Gasteiger partial charge in [-0.1, -0.05) is 64.1 Å². The predicted molar refractivity (Wildman–Crippen MR) is 128 cm³/mol. The SMILES string of the molecule is CC(C)OCCN(CCC(=O)Nc1c(C(C)C)cccc1C(C)C)c1ccccc1. The smallest absolute Gasteiger partial charge is 0.226 e. The molecule has 2 aromatic rings. The molecule has 0 aliphatic carbocycles. The standard InChI is InChI=1S/C26H38N2O2/c1-19(2)23-13-10-14-24(20(3)4)26(23)27-25(29)15-16-28(17-18-30-21(5)6)22-11-8-7-9-12-22/h7-14,19-21H,15-18H2,1-6H3,(H,27,29). The zero-order chi connectivity index (χ0) is 22.1. The molecule has 1 amide bonds. The van der Waals surface area contributed by atoms with E-state index in [1.807, 2.05) is 32.0 Å². The second kappa shape index (κ2) is 11.8. The minimum absolute atomic E-state index is 0.0516. The average Bonchev–Trinajstić information content (AvgIpc) is 2.70. The highest BCUT2D eigenvalue weighted by Gasteiger charge is 2.17. The highest BCUT2D eigenvalue weighted by atomic mass is 16.5. The van der Waals surface area contributed by atoms with Crippen molar-refractivity contribution in [2.24, 2.45) is 0 Å². The van der Waals surface area contributed by atoms with Gasteiger partial charge in [0.2, 0.25) is 5.91 Å². The maximum Gasteiger partial charge on any atom is 0.226 e. The van der Waals surface area contributed by atoms with Crippen LogP contribution in [0.5, 0.6) is 0 Å². The number of carbonyl (C=O) groups excluding carboxylic acids is 1. The van der Waals surface area contributed by atoms with Crippen molar-refractivity contribution in [1.29, 1.82) is 0 Å². The first kappa shape index (κ1) is 23.9. The van der Waals surface area contributed by atoms with E-state index >= 15 is 0 Å². The van der Waals surface area contributed by atoms with Gasteiger partial charge in [-0.15, -0.1) is 0 Å². The third-order valence-electron chi connectivity index (χ3n) is 5.18. The average molecular weight is 411 g/mol. The monoisotopic (exact) mass is 410 g/mol. The molecule has 4 nitrogen and oxygen atoms in total. The Morgan fingerprint density at radius 3 is 2.00 bits per heavy atom. The summed E-state index contributed by atoms with van der Waals surface area (Å²) in [5, 5.41) is 3.23. The summed E-state index contributed by atoms with van der Waals surface area (Å²) in [6.45, 7) is 14.8. The highest BCUT2D eigenvalue weighted by Crippen LogP contribution is 2.32. The number of rotatable bonds is 11. The van der Waals surface area contributed by atoms with Crippen LogP contribution in [0.4, 0.5) is 11.4 Å². The lowest BCUT2D eigenvalue weighted by Gasteiger charge is -2.26. The van der Waals surface area contributed by atoms with Crippen LogP contribution in [0.15, 0.2) is 48.5 Å². The summed E-state index contributed by atoms with van der Waals surface area (Å²) < 4.78 is 5.74. The van der Waals surface area contributed by atoms with Crippen molar-refractivity contribution in [3.05, 3.63) is 59.7 Å². The molecule has 0 saturated carbocycles. The Labute approximate surface area is 182 Å². The lowest BCUT2D eigenvalue weighted by molar-refractivity contribution is -0.116. The fourth-order valence-corrected chi connectivity index (χ4v) is 3.54. The van der Waals surface area contributed by atoms with E-state index in [4.69, 9.17) is 4.74 Å². The van der Waals surface area contributed by atoms with Crippen LogP contribution in [-0.2, 0) is 9.53 Å². The van der Waals surface area contributed by atoms with Crippen LogP contribution in [0, 0.1) is 0 Å². The van der Waals surface area contributed by atoms with Crippen molar-refractivity contribution in [3.8, 4) is 0 Å². The van der Waals surface area contributed by atoms with E-state index in [1.165, 1.54) is 11.1 Å². The number of carbonyl (C=O) groups is 1. The molecule has 0 bridgehead atoms. The molecular weight excluding hydrogens is 372 g/mol. The second-order valence-electron chi connectivity index (χ2n) is 8.66. The minimum Gasteiger partial charge on any atom is -0.377 e. The highest BCUT2D eigenvalue weighted by molar-refractivity contribution is 5.93. The molecule has 1 N–H and O–H groups in total. The first-order chi connectivity index (χ1) is 14.3. The molecule has 0 radical (unpaired) electrons. The molecule has 0 atom stereocenters. The van der Waals surface area contributed by atoms with Crippen LogP contribution in [-0.4, -0.2) is 31.7 Å². The number of nitrogens with zero attached hydrogens (tertiary/aromatic N) is 1. The topological polar surface area (TPSA) is 41.6 Å². The van der Waals surface area contributed by atoms with Gasteiger partial charge in [0.15, 0.2) is 0 Å². The fourth-order valence-electron chi connectivity index (χ4n) is 3.54. The van der Waals surface area contributed by atoms with Crippen LogP contribution < -0.4 is 10.2 Å². The molecule has 0 fully saturated rings. The van der Waals surface area contributed by atoms with Gasteiger partial charge in [0.25, 0.3) is 0 Å². The summed E-state index contributed by atoms with van der Waals surface area (Å²) in [4.78, 5) is 15.1. The molecule has 0 aliphatic rings. The molecule has 2 rings (SSSR count). The van der Waals surface area contributed by atoms with Crippen LogP contribution in [0.2, 0.25) is 0 Å². The van der Waals surface area contributed by atoms with Crippen molar-refractivity contribution in [2.45, 2.75) is 65.9 Å². The van der Waals surface area contributed by atoms with Gasteiger partial charge >= 0.3 is 0 Å². The third kappa shape index (κ3) is 7.17. The molecule has 0 heterocycles. The number of para-hydroxylation sites is 2. The van der Waals surface area contributed by atoms with Gasteiger partial charge in [0.1, 0.15) is 0 Å². The van der Waals surface area contributed by atoms with E-state index in [0.717, 1.165) is 17.9 Å². The Hall–Kier alpha value is -2.33. The summed E-state index contributed by atoms with van der Waals surface area (Å²) in [7, 11) is 0. The molecule has 0 spiro atoms. The number of ether oxygens (including phenoxy) is 1. The normalized spacial score (nSPS) is 11.4. The zero-order valence-corrected chi connectivity index (χ0v) is 19.4. The lowest BCUT2D eigenvalue weighted by atomic mass is 9.92. The summed E-state index contributed by atoms with van der Waals surface area (Å²) in [6, 6.07) is 16.5. The van der Waals surface area contributed by atoms with Crippen molar-refractivity contribution < 1.29 is 9.53 Å². The largest absolute Gasteiger partial charge is 0.377 e. The maximum atomic E-state index is 12.9. The van der Waals surface area contributed by atoms with E-state index in [2.05, 4.69) is 68.2 Å². The number of nitrogens with one attached hydrogen (secondary N) is 1. The molecule has 0 unspecified atom stereocenters. The van der Waals surface area contributed by atoms with Gasteiger partial charge in [0.05, 0.1) is 12.7 Å². The van der Waals surface area contributed by atoms with Gasteiger partial charge in [-0.25, -0.2) is 0 Å². The molecule has 0 saturated heterocycles. The summed E-state index contributed by atoms with van der Waals surface area (Å²) in [5.74, 6) is 0.761. The quantitative estimate of drug-likeness (QED) is 0.480. The van der Waals surface area contributed by atoms with E-state index < -0.39 is 0 Å². The van der Waals surface area contributed by atoms with Gasteiger partial charge in [0, 0.05) is 30.9 Å². The van der Waals surface area contributed by atoms with E-state index in [1.54, 1.807) is 0 Å². The maximum absolute atomic E-state index is 12.9. The Bertz CT molecular complexity index is 759. The Morgan fingerprint density at radius 1 is 0.867 bits per heavy atom. The molecular formula is C26H38N2O2. The third-order valence-corrected chi connectivity index (χ3v) is 5.18. The fraction of sp³-hybridized carbons (Fsp3) is 0.500. The number of amides is 1. The number of hydrogen-bond acceptors (Lipinski definition) is 3. The van der Waals surface area contributed by atoms with Crippen molar-refractivity contribution in [1.82, 2.24) is 0 Å². The predicted octanol–water partition coefficient (Wildman–Crippen LogP) is 6.19.